The van der Waals surface area contributed by atoms with E-state index in [4.69, 9.17) is 4.74 Å². The summed E-state index contributed by atoms with van der Waals surface area (Å²) in [7, 11) is 0. The first-order valence-corrected chi connectivity index (χ1v) is 7.65. The summed E-state index contributed by atoms with van der Waals surface area (Å²) in [5.74, 6) is -0.309. The number of benzene rings is 1. The molecule has 1 saturated heterocycles. The number of carbonyl (C=O) groups excluding carboxylic acids is 1. The topological polar surface area (TPSA) is 55.3 Å². The molecule has 3 rings (SSSR count). The average molecular weight is 315 g/mol. The number of piperidine rings is 1. The summed E-state index contributed by atoms with van der Waals surface area (Å²) < 4.78 is 18.8. The van der Waals surface area contributed by atoms with Gasteiger partial charge in [-0.2, -0.15) is 0 Å². The third-order valence-corrected chi connectivity index (χ3v) is 3.96. The Balaban J connectivity index is 1.58. The minimum atomic E-state index is -0.462. The van der Waals surface area contributed by atoms with Crippen molar-refractivity contribution in [2.45, 2.75) is 18.8 Å². The fraction of sp³-hybridized carbons (Fsp3) is 0.353. The zero-order valence-corrected chi connectivity index (χ0v) is 12.7. The number of hydrogen-bond acceptors (Lipinski definition) is 4. The molecule has 0 bridgehead atoms. The van der Waals surface area contributed by atoms with Crippen LogP contribution in [0.25, 0.3) is 0 Å². The maximum absolute atomic E-state index is 13.5. The summed E-state index contributed by atoms with van der Waals surface area (Å²) in [5, 5.41) is 0. The van der Waals surface area contributed by atoms with Crippen LogP contribution in [0.2, 0.25) is 0 Å². The van der Waals surface area contributed by atoms with Gasteiger partial charge in [0.15, 0.2) is 18.2 Å². The number of likely N-dealkylation sites (tertiary alicyclic amines) is 1. The summed E-state index contributed by atoms with van der Waals surface area (Å²) in [6, 6.07) is 6.08. The molecule has 2 heterocycles. The maximum atomic E-state index is 13.5. The first kappa shape index (κ1) is 15.4. The van der Waals surface area contributed by atoms with E-state index in [0.29, 0.717) is 13.1 Å². The van der Waals surface area contributed by atoms with E-state index in [-0.39, 0.29) is 24.2 Å². The van der Waals surface area contributed by atoms with Gasteiger partial charge in [-0.3, -0.25) is 14.8 Å². The van der Waals surface area contributed by atoms with E-state index in [1.54, 1.807) is 35.6 Å². The third kappa shape index (κ3) is 3.83. The van der Waals surface area contributed by atoms with E-state index in [2.05, 4.69) is 9.97 Å². The lowest BCUT2D eigenvalue weighted by molar-refractivity contribution is -0.134. The number of halogens is 1. The Bertz CT molecular complexity index is 666. The van der Waals surface area contributed by atoms with Gasteiger partial charge >= 0.3 is 0 Å². The van der Waals surface area contributed by atoms with Crippen LogP contribution in [0.4, 0.5) is 4.39 Å². The molecule has 0 aliphatic carbocycles. The molecular weight excluding hydrogens is 297 g/mol. The predicted octanol–water partition coefficient (Wildman–Crippen LogP) is 2.40. The van der Waals surface area contributed by atoms with Crippen molar-refractivity contribution in [2.24, 2.45) is 0 Å². The van der Waals surface area contributed by atoms with Crippen LogP contribution in [0.3, 0.4) is 0 Å². The normalized spacial score (nSPS) is 17.8. The summed E-state index contributed by atoms with van der Waals surface area (Å²) in [6.45, 7) is 1.13. The molecule has 1 aliphatic rings. The lowest BCUT2D eigenvalue weighted by atomic mass is 9.95. The van der Waals surface area contributed by atoms with Crippen LogP contribution in [0.1, 0.15) is 24.5 Å². The Kier molecular flexibility index (Phi) is 4.80. The number of rotatable bonds is 4. The van der Waals surface area contributed by atoms with E-state index >= 15 is 0 Å². The van der Waals surface area contributed by atoms with Crippen molar-refractivity contribution in [3.63, 3.8) is 0 Å². The summed E-state index contributed by atoms with van der Waals surface area (Å²) in [6.07, 6.45) is 6.94. The van der Waals surface area contributed by atoms with Crippen molar-refractivity contribution in [3.05, 3.63) is 54.4 Å². The number of ether oxygens (including phenoxy) is 1. The first-order chi connectivity index (χ1) is 11.2. The van der Waals surface area contributed by atoms with E-state index in [9.17, 15) is 9.18 Å². The van der Waals surface area contributed by atoms with Gasteiger partial charge in [0.25, 0.3) is 5.91 Å². The Hall–Kier alpha value is -2.50. The molecule has 1 atom stereocenters. The molecule has 0 saturated carbocycles. The molecule has 1 amide bonds. The summed E-state index contributed by atoms with van der Waals surface area (Å²) in [5.41, 5.74) is 0.903. The number of amides is 1. The number of aromatic nitrogens is 2. The highest BCUT2D eigenvalue weighted by Gasteiger charge is 2.26. The minimum absolute atomic E-state index is 0.100. The predicted molar refractivity (Wildman–Crippen MR) is 82.5 cm³/mol. The Morgan fingerprint density at radius 1 is 1.35 bits per heavy atom. The van der Waals surface area contributed by atoms with Gasteiger partial charge in [-0.05, 0) is 25.0 Å². The molecule has 0 spiro atoms. The second-order valence-corrected chi connectivity index (χ2v) is 5.53. The molecule has 0 radical (unpaired) electrons. The molecular formula is C17H18FN3O2. The van der Waals surface area contributed by atoms with Gasteiger partial charge in [-0.1, -0.05) is 12.1 Å². The molecule has 23 heavy (non-hydrogen) atoms. The highest BCUT2D eigenvalue weighted by atomic mass is 19.1. The zero-order chi connectivity index (χ0) is 16.1. The molecule has 1 fully saturated rings. The number of nitrogens with zero attached hydrogens (tertiary/aromatic N) is 3. The zero-order valence-electron chi connectivity index (χ0n) is 12.7. The van der Waals surface area contributed by atoms with Crippen molar-refractivity contribution in [2.75, 3.05) is 19.7 Å². The van der Waals surface area contributed by atoms with Crippen molar-refractivity contribution in [1.29, 1.82) is 0 Å². The molecule has 0 N–H and O–H groups in total. The number of para-hydroxylation sites is 1. The SMILES string of the molecule is O=C(COc1ccccc1F)N1CCCC(c2cnccn2)C1. The van der Waals surface area contributed by atoms with Gasteiger partial charge in [0.05, 0.1) is 5.69 Å². The minimum Gasteiger partial charge on any atom is -0.481 e. The monoisotopic (exact) mass is 315 g/mol. The van der Waals surface area contributed by atoms with Crippen LogP contribution in [0.5, 0.6) is 5.75 Å². The second kappa shape index (κ2) is 7.17. The lowest BCUT2D eigenvalue weighted by Crippen LogP contribution is -2.41. The van der Waals surface area contributed by atoms with Gasteiger partial charge in [0.1, 0.15) is 0 Å². The highest BCUT2D eigenvalue weighted by Crippen LogP contribution is 2.25. The van der Waals surface area contributed by atoms with Crippen LogP contribution in [-0.2, 0) is 4.79 Å². The molecule has 120 valence electrons. The fourth-order valence-electron chi connectivity index (χ4n) is 2.76. The molecule has 6 heteroatoms. The molecule has 1 aromatic heterocycles. The van der Waals surface area contributed by atoms with Crippen LogP contribution in [-0.4, -0.2) is 40.5 Å². The fourth-order valence-corrected chi connectivity index (χ4v) is 2.76. The van der Waals surface area contributed by atoms with E-state index < -0.39 is 5.82 Å². The highest BCUT2D eigenvalue weighted by molar-refractivity contribution is 5.78. The summed E-state index contributed by atoms with van der Waals surface area (Å²) >= 11 is 0. The van der Waals surface area contributed by atoms with Crippen molar-refractivity contribution < 1.29 is 13.9 Å². The largest absolute Gasteiger partial charge is 0.481 e. The third-order valence-electron chi connectivity index (χ3n) is 3.96. The van der Waals surface area contributed by atoms with Crippen LogP contribution in [0, 0.1) is 5.82 Å². The maximum Gasteiger partial charge on any atom is 0.260 e. The van der Waals surface area contributed by atoms with E-state index in [1.807, 2.05) is 0 Å². The first-order valence-electron chi connectivity index (χ1n) is 7.65. The van der Waals surface area contributed by atoms with Crippen molar-refractivity contribution in [1.82, 2.24) is 14.9 Å². The molecule has 2 aromatic rings. The van der Waals surface area contributed by atoms with Gasteiger partial charge in [-0.15, -0.1) is 0 Å². The quantitative estimate of drug-likeness (QED) is 0.869. The Labute approximate surface area is 134 Å². The number of hydrogen-bond donors (Lipinski definition) is 0. The van der Waals surface area contributed by atoms with Crippen LogP contribution < -0.4 is 4.74 Å². The average Bonchev–Trinajstić information content (AvgIpc) is 2.62. The summed E-state index contributed by atoms with van der Waals surface area (Å²) in [4.78, 5) is 22.5. The Morgan fingerprint density at radius 3 is 3.00 bits per heavy atom. The van der Waals surface area contributed by atoms with Crippen LogP contribution >= 0.6 is 0 Å². The molecule has 5 nitrogen and oxygen atoms in total. The lowest BCUT2D eigenvalue weighted by Gasteiger charge is -2.32. The van der Waals surface area contributed by atoms with Crippen molar-refractivity contribution in [3.8, 4) is 5.75 Å². The van der Waals surface area contributed by atoms with Gasteiger partial charge in [0.2, 0.25) is 0 Å². The van der Waals surface area contributed by atoms with Crippen molar-refractivity contribution >= 4 is 5.91 Å². The Morgan fingerprint density at radius 2 is 2.22 bits per heavy atom. The van der Waals surface area contributed by atoms with E-state index in [1.165, 1.54) is 12.1 Å². The standard InChI is InChI=1S/C17H18FN3O2/c18-14-5-1-2-6-16(14)23-12-17(22)21-9-3-4-13(11-21)15-10-19-7-8-20-15/h1-2,5-8,10,13H,3-4,9,11-12H2. The second-order valence-electron chi connectivity index (χ2n) is 5.53. The van der Waals surface area contributed by atoms with E-state index in [0.717, 1.165) is 18.5 Å². The van der Waals surface area contributed by atoms with Crippen LogP contribution in [0.15, 0.2) is 42.9 Å². The smallest absolute Gasteiger partial charge is 0.260 e. The van der Waals surface area contributed by atoms with Gasteiger partial charge in [-0.25, -0.2) is 4.39 Å². The molecule has 1 aliphatic heterocycles. The molecule has 1 aromatic carbocycles. The number of carbonyl (C=O) groups is 1. The van der Waals surface area contributed by atoms with Gasteiger partial charge in [0, 0.05) is 37.6 Å². The molecule has 1 unspecified atom stereocenters. The van der Waals surface area contributed by atoms with Gasteiger partial charge < -0.3 is 9.64 Å².